The molecule has 1 aliphatic rings. The third kappa shape index (κ3) is 6.45. The summed E-state index contributed by atoms with van der Waals surface area (Å²) in [5.41, 5.74) is 5.43. The normalized spacial score (nSPS) is 17.1. The topological polar surface area (TPSA) is 54.5 Å². The van der Waals surface area contributed by atoms with Gasteiger partial charge in [0.05, 0.1) is 18.5 Å². The SMILES string of the molecule is Cc1ccc(NC(=O)N2CCC(=Cc3cccc(OCCc4ccccc4)c3)C(C)C2)cn1. The molecular weight excluding hydrogens is 410 g/mol. The van der Waals surface area contributed by atoms with Gasteiger partial charge in [-0.2, -0.15) is 0 Å². The van der Waals surface area contributed by atoms with Crippen LogP contribution in [0.1, 0.15) is 30.2 Å². The van der Waals surface area contributed by atoms with Crippen LogP contribution in [0.3, 0.4) is 0 Å². The number of pyridine rings is 1. The Morgan fingerprint density at radius 3 is 2.76 bits per heavy atom. The van der Waals surface area contributed by atoms with Gasteiger partial charge in [-0.3, -0.25) is 4.98 Å². The molecule has 0 radical (unpaired) electrons. The van der Waals surface area contributed by atoms with E-state index in [2.05, 4.69) is 59.7 Å². The van der Waals surface area contributed by atoms with Crippen LogP contribution in [0.2, 0.25) is 0 Å². The molecule has 3 aromatic rings. The zero-order valence-electron chi connectivity index (χ0n) is 19.3. The van der Waals surface area contributed by atoms with E-state index in [1.165, 1.54) is 11.1 Å². The van der Waals surface area contributed by atoms with Gasteiger partial charge in [-0.25, -0.2) is 4.79 Å². The van der Waals surface area contributed by atoms with Crippen molar-refractivity contribution in [2.45, 2.75) is 26.7 Å². The predicted molar refractivity (Wildman–Crippen MR) is 133 cm³/mol. The summed E-state index contributed by atoms with van der Waals surface area (Å²) < 4.78 is 5.98. The molecule has 0 spiro atoms. The number of likely N-dealkylation sites (tertiary alicyclic amines) is 1. The van der Waals surface area contributed by atoms with E-state index in [1.807, 2.05) is 42.2 Å². The van der Waals surface area contributed by atoms with E-state index in [0.29, 0.717) is 25.6 Å². The van der Waals surface area contributed by atoms with Gasteiger partial charge >= 0.3 is 6.03 Å². The molecule has 1 fully saturated rings. The number of piperidine rings is 1. The summed E-state index contributed by atoms with van der Waals surface area (Å²) in [4.78, 5) is 18.8. The highest BCUT2D eigenvalue weighted by molar-refractivity contribution is 5.89. The van der Waals surface area contributed by atoms with Crippen LogP contribution in [0.25, 0.3) is 6.08 Å². The number of rotatable bonds is 6. The van der Waals surface area contributed by atoms with E-state index in [-0.39, 0.29) is 6.03 Å². The molecule has 1 aliphatic heterocycles. The minimum absolute atomic E-state index is 0.0691. The summed E-state index contributed by atoms with van der Waals surface area (Å²) in [6.45, 7) is 6.16. The lowest BCUT2D eigenvalue weighted by Gasteiger charge is -2.33. The van der Waals surface area contributed by atoms with Crippen LogP contribution < -0.4 is 10.1 Å². The van der Waals surface area contributed by atoms with Gasteiger partial charge in [-0.1, -0.05) is 61.0 Å². The van der Waals surface area contributed by atoms with E-state index < -0.39 is 0 Å². The largest absolute Gasteiger partial charge is 0.493 e. The molecule has 0 saturated carbocycles. The average molecular weight is 442 g/mol. The maximum absolute atomic E-state index is 12.7. The van der Waals surface area contributed by atoms with Gasteiger partial charge < -0.3 is 15.0 Å². The van der Waals surface area contributed by atoms with Crippen molar-refractivity contribution in [1.82, 2.24) is 9.88 Å². The summed E-state index contributed by atoms with van der Waals surface area (Å²) in [6, 6.07) is 22.3. The first-order valence-electron chi connectivity index (χ1n) is 11.5. The quantitative estimate of drug-likeness (QED) is 0.513. The number of hydrogen-bond acceptors (Lipinski definition) is 3. The highest BCUT2D eigenvalue weighted by atomic mass is 16.5. The van der Waals surface area contributed by atoms with Gasteiger partial charge in [-0.15, -0.1) is 0 Å². The molecule has 2 amide bonds. The fraction of sp³-hybridized carbons (Fsp3) is 0.286. The van der Waals surface area contributed by atoms with Crippen molar-refractivity contribution >= 4 is 17.8 Å². The lowest BCUT2D eigenvalue weighted by atomic mass is 9.91. The maximum atomic E-state index is 12.7. The number of hydrogen-bond donors (Lipinski definition) is 1. The highest BCUT2D eigenvalue weighted by Crippen LogP contribution is 2.26. The van der Waals surface area contributed by atoms with Crippen LogP contribution in [0, 0.1) is 12.8 Å². The number of urea groups is 1. The minimum Gasteiger partial charge on any atom is -0.493 e. The van der Waals surface area contributed by atoms with Crippen molar-refractivity contribution in [3.63, 3.8) is 0 Å². The number of aromatic nitrogens is 1. The molecule has 1 aromatic heterocycles. The number of carbonyl (C=O) groups is 1. The van der Waals surface area contributed by atoms with E-state index in [9.17, 15) is 4.79 Å². The van der Waals surface area contributed by atoms with Crippen LogP contribution in [0.5, 0.6) is 5.75 Å². The fourth-order valence-corrected chi connectivity index (χ4v) is 4.03. The van der Waals surface area contributed by atoms with E-state index in [0.717, 1.165) is 35.5 Å². The van der Waals surface area contributed by atoms with E-state index in [4.69, 9.17) is 4.74 Å². The molecule has 2 aromatic carbocycles. The number of benzene rings is 2. The smallest absolute Gasteiger partial charge is 0.321 e. The van der Waals surface area contributed by atoms with Crippen LogP contribution in [-0.4, -0.2) is 35.6 Å². The third-order valence-electron chi connectivity index (χ3n) is 5.96. The standard InChI is InChI=1S/C28H31N3O2/c1-21-20-31(28(32)30-26-12-11-22(2)29-19-26)15-13-25(21)17-24-9-6-10-27(18-24)33-16-14-23-7-4-3-5-8-23/h3-12,17-19,21H,13-16,20H2,1-2H3,(H,30,32). The number of ether oxygens (including phenoxy) is 1. The molecule has 5 heteroatoms. The Kier molecular flexibility index (Phi) is 7.40. The van der Waals surface area contributed by atoms with Gasteiger partial charge in [0, 0.05) is 25.2 Å². The van der Waals surface area contributed by atoms with Crippen LogP contribution >= 0.6 is 0 Å². The second-order valence-corrected chi connectivity index (χ2v) is 8.59. The molecule has 2 heterocycles. The van der Waals surface area contributed by atoms with Crippen LogP contribution in [-0.2, 0) is 6.42 Å². The first kappa shape index (κ1) is 22.6. The summed E-state index contributed by atoms with van der Waals surface area (Å²) in [7, 11) is 0. The average Bonchev–Trinajstić information content (AvgIpc) is 2.83. The third-order valence-corrected chi connectivity index (χ3v) is 5.96. The molecule has 33 heavy (non-hydrogen) atoms. The Morgan fingerprint density at radius 2 is 2.00 bits per heavy atom. The molecule has 0 aliphatic carbocycles. The molecule has 4 rings (SSSR count). The van der Waals surface area contributed by atoms with Crippen molar-refractivity contribution in [2.75, 3.05) is 25.0 Å². The molecule has 1 atom stereocenters. The zero-order chi connectivity index (χ0) is 23.0. The number of nitrogens with zero attached hydrogens (tertiary/aromatic N) is 2. The van der Waals surface area contributed by atoms with Gasteiger partial charge in [0.1, 0.15) is 5.75 Å². The Labute approximate surface area is 196 Å². The Bertz CT molecular complexity index is 1090. The van der Waals surface area contributed by atoms with Crippen molar-refractivity contribution < 1.29 is 9.53 Å². The highest BCUT2D eigenvalue weighted by Gasteiger charge is 2.24. The van der Waals surface area contributed by atoms with E-state index in [1.54, 1.807) is 6.20 Å². The second-order valence-electron chi connectivity index (χ2n) is 8.59. The monoisotopic (exact) mass is 441 g/mol. The Hall–Kier alpha value is -3.60. The Balaban J connectivity index is 1.31. The zero-order valence-corrected chi connectivity index (χ0v) is 19.3. The lowest BCUT2D eigenvalue weighted by Crippen LogP contribution is -2.42. The lowest BCUT2D eigenvalue weighted by molar-refractivity contribution is 0.198. The number of aryl methyl sites for hydroxylation is 1. The van der Waals surface area contributed by atoms with Crippen molar-refractivity contribution in [1.29, 1.82) is 0 Å². The molecule has 5 nitrogen and oxygen atoms in total. The molecule has 1 N–H and O–H groups in total. The maximum Gasteiger partial charge on any atom is 0.321 e. The number of carbonyl (C=O) groups excluding carboxylic acids is 1. The summed E-state index contributed by atoms with van der Waals surface area (Å²) >= 11 is 0. The predicted octanol–water partition coefficient (Wildman–Crippen LogP) is 5.97. The van der Waals surface area contributed by atoms with Gasteiger partial charge in [-0.05, 0) is 54.7 Å². The van der Waals surface area contributed by atoms with Crippen LogP contribution in [0.4, 0.5) is 10.5 Å². The molecule has 1 unspecified atom stereocenters. The molecule has 1 saturated heterocycles. The summed E-state index contributed by atoms with van der Waals surface area (Å²) in [5, 5.41) is 2.95. The minimum atomic E-state index is -0.0691. The van der Waals surface area contributed by atoms with Crippen molar-refractivity contribution in [3.05, 3.63) is 95.3 Å². The number of nitrogens with one attached hydrogen (secondary N) is 1. The molecule has 170 valence electrons. The first-order valence-corrected chi connectivity index (χ1v) is 11.5. The van der Waals surface area contributed by atoms with E-state index >= 15 is 0 Å². The van der Waals surface area contributed by atoms with Gasteiger partial charge in [0.25, 0.3) is 0 Å². The fourth-order valence-electron chi connectivity index (χ4n) is 4.03. The first-order chi connectivity index (χ1) is 16.1. The number of amides is 2. The molecule has 0 bridgehead atoms. The van der Waals surface area contributed by atoms with Gasteiger partial charge in [0.2, 0.25) is 0 Å². The summed E-state index contributed by atoms with van der Waals surface area (Å²) in [5.74, 6) is 1.18. The molecular formula is C28H31N3O2. The van der Waals surface area contributed by atoms with Gasteiger partial charge in [0.15, 0.2) is 0 Å². The van der Waals surface area contributed by atoms with Crippen LogP contribution in [0.15, 0.2) is 78.5 Å². The van der Waals surface area contributed by atoms with Crippen molar-refractivity contribution in [2.24, 2.45) is 5.92 Å². The van der Waals surface area contributed by atoms with Crippen molar-refractivity contribution in [3.8, 4) is 5.75 Å². The summed E-state index contributed by atoms with van der Waals surface area (Å²) in [6.07, 6.45) is 5.69. The second kappa shape index (κ2) is 10.8. The number of anilines is 1. The Morgan fingerprint density at radius 1 is 1.15 bits per heavy atom.